The number of carbonyl (C=O) groups is 1. The lowest BCUT2D eigenvalue weighted by atomic mass is 9.90. The molecule has 3 aromatic rings. The average molecular weight is 371 g/mol. The summed E-state index contributed by atoms with van der Waals surface area (Å²) in [6, 6.07) is 14.5. The van der Waals surface area contributed by atoms with E-state index in [1.807, 2.05) is 37.6 Å². The van der Waals surface area contributed by atoms with Crippen LogP contribution in [0.1, 0.15) is 17.0 Å². The lowest BCUT2D eigenvalue weighted by Gasteiger charge is -2.17. The first-order valence-corrected chi connectivity index (χ1v) is 8.66. The second-order valence-corrected chi connectivity index (χ2v) is 6.67. The lowest BCUT2D eigenvalue weighted by Crippen LogP contribution is -2.34. The summed E-state index contributed by atoms with van der Waals surface area (Å²) in [5.74, 6) is 0.229. The Labute approximate surface area is 159 Å². The molecule has 1 fully saturated rings. The number of hydrogen-bond acceptors (Lipinski definition) is 3. The minimum atomic E-state index is -0.0563. The van der Waals surface area contributed by atoms with Crippen LogP contribution < -0.4 is 10.6 Å². The van der Waals surface area contributed by atoms with Gasteiger partial charge in [0.2, 0.25) is 5.91 Å². The standard InChI is InChI=1S/C20H22N4O.ClH/c1-24-13-16(10-23-24)18-11-21-12-19(18)20(25)22-9-15-7-4-6-14-5-2-3-8-17(14)15;/h2-8,10,13,18-19,21H,9,11-12H2,1H3,(H,22,25);1H/t18-,19+;/m1./s1. The summed E-state index contributed by atoms with van der Waals surface area (Å²) in [5, 5.41) is 13.1. The number of hydrogen-bond donors (Lipinski definition) is 2. The van der Waals surface area contributed by atoms with E-state index in [4.69, 9.17) is 0 Å². The number of aromatic nitrogens is 2. The van der Waals surface area contributed by atoms with Crippen molar-refractivity contribution in [3.05, 3.63) is 66.0 Å². The maximum Gasteiger partial charge on any atom is 0.225 e. The zero-order valence-corrected chi connectivity index (χ0v) is 15.5. The van der Waals surface area contributed by atoms with E-state index in [9.17, 15) is 4.79 Å². The van der Waals surface area contributed by atoms with E-state index < -0.39 is 0 Å². The summed E-state index contributed by atoms with van der Waals surface area (Å²) in [5.41, 5.74) is 2.27. The average Bonchev–Trinajstić information content (AvgIpc) is 3.28. The summed E-state index contributed by atoms with van der Waals surface area (Å²) < 4.78 is 1.79. The highest BCUT2D eigenvalue weighted by molar-refractivity contribution is 5.86. The van der Waals surface area contributed by atoms with Gasteiger partial charge in [0, 0.05) is 38.8 Å². The number of rotatable bonds is 4. The molecule has 0 aliphatic carbocycles. The van der Waals surface area contributed by atoms with E-state index in [1.54, 1.807) is 4.68 Å². The van der Waals surface area contributed by atoms with Crippen LogP contribution >= 0.6 is 12.4 Å². The summed E-state index contributed by atoms with van der Waals surface area (Å²) in [6.07, 6.45) is 3.87. The first-order chi connectivity index (χ1) is 12.2. The molecule has 1 aliphatic rings. The van der Waals surface area contributed by atoms with Crippen LogP contribution in [0.15, 0.2) is 54.9 Å². The van der Waals surface area contributed by atoms with E-state index in [0.717, 1.165) is 17.7 Å². The summed E-state index contributed by atoms with van der Waals surface area (Å²) in [4.78, 5) is 12.8. The van der Waals surface area contributed by atoms with Crippen LogP contribution in [0.2, 0.25) is 0 Å². The summed E-state index contributed by atoms with van der Waals surface area (Å²) in [6.45, 7) is 2.08. The first-order valence-electron chi connectivity index (χ1n) is 8.66. The Balaban J connectivity index is 0.00000196. The Morgan fingerprint density at radius 2 is 2.04 bits per heavy atom. The van der Waals surface area contributed by atoms with Crippen LogP contribution in [0.25, 0.3) is 10.8 Å². The van der Waals surface area contributed by atoms with Gasteiger partial charge in [0.1, 0.15) is 0 Å². The van der Waals surface area contributed by atoms with Gasteiger partial charge in [-0.1, -0.05) is 42.5 Å². The second kappa shape index (κ2) is 7.89. The zero-order chi connectivity index (χ0) is 17.2. The molecule has 0 radical (unpaired) electrons. The van der Waals surface area contributed by atoms with E-state index >= 15 is 0 Å². The first kappa shape index (κ1) is 18.4. The second-order valence-electron chi connectivity index (χ2n) is 6.67. The quantitative estimate of drug-likeness (QED) is 0.742. The lowest BCUT2D eigenvalue weighted by molar-refractivity contribution is -0.125. The molecule has 1 saturated heterocycles. The SMILES string of the molecule is Cl.Cn1cc([C@H]2CNC[C@@H]2C(=O)NCc2cccc3ccccc23)cn1. The fourth-order valence-corrected chi connectivity index (χ4v) is 3.70. The molecular formula is C20H23ClN4O. The molecule has 2 aromatic carbocycles. The maximum atomic E-state index is 12.8. The van der Waals surface area contributed by atoms with E-state index in [1.165, 1.54) is 10.8 Å². The summed E-state index contributed by atoms with van der Waals surface area (Å²) >= 11 is 0. The van der Waals surface area contributed by atoms with Crippen LogP contribution in [-0.2, 0) is 18.4 Å². The van der Waals surface area contributed by atoms with Crippen LogP contribution in [0.3, 0.4) is 0 Å². The highest BCUT2D eigenvalue weighted by atomic mass is 35.5. The molecule has 1 amide bonds. The third-order valence-electron chi connectivity index (χ3n) is 5.04. The van der Waals surface area contributed by atoms with Crippen molar-refractivity contribution in [3.8, 4) is 0 Å². The fourth-order valence-electron chi connectivity index (χ4n) is 3.70. The van der Waals surface area contributed by atoms with Gasteiger partial charge in [0.25, 0.3) is 0 Å². The van der Waals surface area contributed by atoms with Gasteiger partial charge < -0.3 is 10.6 Å². The van der Waals surface area contributed by atoms with Crippen molar-refractivity contribution >= 4 is 29.1 Å². The van der Waals surface area contributed by atoms with E-state index in [-0.39, 0.29) is 30.2 Å². The molecule has 2 atom stereocenters. The zero-order valence-electron chi connectivity index (χ0n) is 14.7. The summed E-state index contributed by atoms with van der Waals surface area (Å²) in [7, 11) is 1.90. The molecular weight excluding hydrogens is 348 g/mol. The van der Waals surface area contributed by atoms with Crippen molar-refractivity contribution in [3.63, 3.8) is 0 Å². The highest BCUT2D eigenvalue weighted by Gasteiger charge is 2.34. The van der Waals surface area contributed by atoms with Crippen LogP contribution in [0.4, 0.5) is 0 Å². The van der Waals surface area contributed by atoms with Gasteiger partial charge in [0.05, 0.1) is 12.1 Å². The number of fused-ring (bicyclic) bond motifs is 1. The van der Waals surface area contributed by atoms with Gasteiger partial charge in [-0.05, 0) is 21.9 Å². The Hall–Kier alpha value is -2.37. The van der Waals surface area contributed by atoms with Gasteiger partial charge in [-0.2, -0.15) is 5.10 Å². The van der Waals surface area contributed by atoms with E-state index in [0.29, 0.717) is 13.1 Å². The molecule has 6 heteroatoms. The predicted molar refractivity (Wildman–Crippen MR) is 105 cm³/mol. The molecule has 136 valence electrons. The monoisotopic (exact) mass is 370 g/mol. The number of halogens is 1. The molecule has 1 aromatic heterocycles. The van der Waals surface area contributed by atoms with Crippen LogP contribution in [0.5, 0.6) is 0 Å². The van der Waals surface area contributed by atoms with Crippen LogP contribution in [0, 0.1) is 5.92 Å². The van der Waals surface area contributed by atoms with Gasteiger partial charge in [-0.3, -0.25) is 9.48 Å². The molecule has 0 spiro atoms. The highest BCUT2D eigenvalue weighted by Crippen LogP contribution is 2.28. The molecule has 0 saturated carbocycles. The number of amides is 1. The van der Waals surface area contributed by atoms with Crippen molar-refractivity contribution in [1.82, 2.24) is 20.4 Å². The third-order valence-corrected chi connectivity index (χ3v) is 5.04. The van der Waals surface area contributed by atoms with E-state index in [2.05, 4.69) is 40.0 Å². The number of nitrogens with zero attached hydrogens (tertiary/aromatic N) is 2. The number of nitrogens with one attached hydrogen (secondary N) is 2. The predicted octanol–water partition coefficient (Wildman–Crippen LogP) is 2.61. The Morgan fingerprint density at radius 3 is 2.85 bits per heavy atom. The molecule has 1 aliphatic heterocycles. The van der Waals surface area contributed by atoms with Crippen molar-refractivity contribution < 1.29 is 4.79 Å². The largest absolute Gasteiger partial charge is 0.352 e. The van der Waals surface area contributed by atoms with Crippen LogP contribution in [-0.4, -0.2) is 28.8 Å². The fraction of sp³-hybridized carbons (Fsp3) is 0.300. The third kappa shape index (κ3) is 3.59. The number of carbonyl (C=O) groups excluding carboxylic acids is 1. The smallest absolute Gasteiger partial charge is 0.225 e. The Bertz CT molecular complexity index is 902. The minimum absolute atomic E-state index is 0. The van der Waals surface area contributed by atoms with Gasteiger partial charge in [-0.25, -0.2) is 0 Å². The van der Waals surface area contributed by atoms with Crippen molar-refractivity contribution in [2.45, 2.75) is 12.5 Å². The normalized spacial score (nSPS) is 19.3. The van der Waals surface area contributed by atoms with Crippen molar-refractivity contribution in [1.29, 1.82) is 0 Å². The molecule has 0 bridgehead atoms. The minimum Gasteiger partial charge on any atom is -0.352 e. The molecule has 2 N–H and O–H groups in total. The number of benzene rings is 2. The topological polar surface area (TPSA) is 59.0 Å². The molecule has 2 heterocycles. The molecule has 0 unspecified atom stereocenters. The van der Waals surface area contributed by atoms with Gasteiger partial charge in [-0.15, -0.1) is 12.4 Å². The Morgan fingerprint density at radius 1 is 1.23 bits per heavy atom. The van der Waals surface area contributed by atoms with Crippen molar-refractivity contribution in [2.24, 2.45) is 13.0 Å². The molecule has 4 rings (SSSR count). The molecule has 5 nitrogen and oxygen atoms in total. The van der Waals surface area contributed by atoms with Gasteiger partial charge >= 0.3 is 0 Å². The Kier molecular flexibility index (Phi) is 5.59. The van der Waals surface area contributed by atoms with Crippen molar-refractivity contribution in [2.75, 3.05) is 13.1 Å². The van der Waals surface area contributed by atoms with Gasteiger partial charge in [0.15, 0.2) is 0 Å². The maximum absolute atomic E-state index is 12.8. The molecule has 26 heavy (non-hydrogen) atoms. The number of aryl methyl sites for hydroxylation is 1.